The Balaban J connectivity index is 5.25. The highest BCUT2D eigenvalue weighted by Crippen LogP contribution is 2.38. The molecule has 0 saturated carbocycles. The molecule has 0 aromatic carbocycles. The van der Waals surface area contributed by atoms with Crippen LogP contribution in [-0.2, 0) is 27.9 Å². The van der Waals surface area contributed by atoms with E-state index in [1.807, 2.05) is 33.3 Å². The molecular weight excluding hydrogens is 868 g/mol. The Labute approximate surface area is 422 Å². The molecule has 0 fully saturated rings. The minimum atomic E-state index is -4.68. The van der Waals surface area contributed by atoms with Gasteiger partial charge in [0.25, 0.3) is 7.82 Å². The maximum Gasteiger partial charge on any atom is 0.306 e. The number of nitrogens with one attached hydrogen (secondary N) is 1. The normalized spacial score (nSPS) is 13.8. The lowest BCUT2D eigenvalue weighted by Gasteiger charge is -2.30. The third-order valence-corrected chi connectivity index (χ3v) is 14.4. The molecule has 0 aromatic heterocycles. The molecule has 0 aliphatic rings. The molecule has 3 unspecified atom stereocenters. The van der Waals surface area contributed by atoms with E-state index in [1.165, 1.54) is 205 Å². The Morgan fingerprint density at radius 1 is 0.500 bits per heavy atom. The maximum atomic E-state index is 13.5. The summed E-state index contributed by atoms with van der Waals surface area (Å²) in [5.74, 6) is -0.523. The van der Waals surface area contributed by atoms with Crippen LogP contribution < -0.4 is 10.2 Å². The number of carbonyl (C=O) groups excluding carboxylic acids is 2. The first-order valence-electron chi connectivity index (χ1n) is 29.5. The van der Waals surface area contributed by atoms with Gasteiger partial charge in [0.15, 0.2) is 0 Å². The average Bonchev–Trinajstić information content (AvgIpc) is 3.29. The van der Waals surface area contributed by atoms with Crippen molar-refractivity contribution in [2.45, 2.75) is 309 Å². The van der Waals surface area contributed by atoms with Crippen LogP contribution in [0.5, 0.6) is 0 Å². The van der Waals surface area contributed by atoms with Crippen LogP contribution >= 0.6 is 7.82 Å². The Morgan fingerprint density at radius 3 is 1.21 bits per heavy atom. The maximum absolute atomic E-state index is 13.5. The highest BCUT2D eigenvalue weighted by atomic mass is 31.2. The number of phosphoric ester groups is 1. The summed E-state index contributed by atoms with van der Waals surface area (Å²) in [6.45, 7) is 6.88. The summed E-state index contributed by atoms with van der Waals surface area (Å²) in [5.41, 5.74) is 0. The van der Waals surface area contributed by atoms with Crippen LogP contribution in [0.25, 0.3) is 0 Å². The number of allylic oxidation sites excluding steroid dienone is 1. The quantitative estimate of drug-likeness (QED) is 0.0212. The van der Waals surface area contributed by atoms with Crippen molar-refractivity contribution in [1.82, 2.24) is 5.32 Å². The van der Waals surface area contributed by atoms with Gasteiger partial charge in [-0.2, -0.15) is 0 Å². The summed E-state index contributed by atoms with van der Waals surface area (Å²) in [5, 5.41) is 3.03. The summed E-state index contributed by atoms with van der Waals surface area (Å²) < 4.78 is 30.2. The number of quaternary nitrogens is 1. The molecule has 0 bridgehead atoms. The fourth-order valence-corrected chi connectivity index (χ4v) is 9.60. The molecule has 0 rings (SSSR count). The molecule has 1 N–H and O–H groups in total. The van der Waals surface area contributed by atoms with E-state index in [9.17, 15) is 19.0 Å². The lowest BCUT2D eigenvalue weighted by atomic mass is 10.0. The molecule has 0 aliphatic heterocycles. The van der Waals surface area contributed by atoms with Crippen molar-refractivity contribution >= 4 is 19.7 Å². The molecule has 3 atom stereocenters. The van der Waals surface area contributed by atoms with Crippen LogP contribution in [0.1, 0.15) is 297 Å². The zero-order valence-electron chi connectivity index (χ0n) is 46.1. The van der Waals surface area contributed by atoms with E-state index in [4.69, 9.17) is 13.8 Å². The van der Waals surface area contributed by atoms with Crippen molar-refractivity contribution in [3.05, 3.63) is 12.2 Å². The SMILES string of the molecule is CCCCCCCCCCC/C=C/C(OC(=O)CCCCCCCCCCCCCCCCC)C(COP(=O)([O-])OCC[N+](C)(C)C)NC(=O)CCCCCCCCCCCCCCCCCC. The fourth-order valence-electron chi connectivity index (χ4n) is 8.88. The monoisotopic (exact) mass is 983 g/mol. The van der Waals surface area contributed by atoms with E-state index in [1.54, 1.807) is 0 Å². The van der Waals surface area contributed by atoms with E-state index >= 15 is 0 Å². The molecular formula is C58H115N2O7P. The summed E-state index contributed by atoms with van der Waals surface area (Å²) in [7, 11) is 1.20. The molecule has 0 radical (unpaired) electrons. The number of rotatable bonds is 54. The molecule has 0 aliphatic carbocycles. The molecule has 1 amide bonds. The number of carbonyl (C=O) groups is 2. The second-order valence-electron chi connectivity index (χ2n) is 21.5. The minimum Gasteiger partial charge on any atom is -0.756 e. The molecule has 9 nitrogen and oxygen atoms in total. The van der Waals surface area contributed by atoms with Crippen LogP contribution in [0, 0.1) is 0 Å². The van der Waals surface area contributed by atoms with Crippen molar-refractivity contribution in [3.8, 4) is 0 Å². The fraction of sp³-hybridized carbons (Fsp3) is 0.931. The number of hydrogen-bond donors (Lipinski definition) is 1. The minimum absolute atomic E-state index is 0.0170. The van der Waals surface area contributed by atoms with Crippen LogP contribution in [0.4, 0.5) is 0 Å². The van der Waals surface area contributed by atoms with Crippen LogP contribution in [0.3, 0.4) is 0 Å². The van der Waals surface area contributed by atoms with E-state index in [-0.39, 0.29) is 31.5 Å². The van der Waals surface area contributed by atoms with Crippen molar-refractivity contribution in [3.63, 3.8) is 0 Å². The summed E-state index contributed by atoms with van der Waals surface area (Å²) in [6, 6.07) is -0.878. The summed E-state index contributed by atoms with van der Waals surface area (Å²) in [6.07, 6.45) is 54.5. The predicted molar refractivity (Wildman–Crippen MR) is 289 cm³/mol. The standard InChI is InChI=1S/C58H115N2O7P/c1-7-10-13-16-19-22-25-27-29-31-32-35-38-41-44-47-50-57(61)59-55(54-66-68(63,64)65-53-52-60(4,5)6)56(49-46-43-40-37-34-24-21-18-15-12-9-3)67-58(62)51-48-45-42-39-36-33-30-28-26-23-20-17-14-11-8-2/h46,49,55-56H,7-45,47-48,50-54H2,1-6H3,(H-,59,61,63,64)/b49-46+. The van der Waals surface area contributed by atoms with Gasteiger partial charge in [-0.05, 0) is 31.8 Å². The van der Waals surface area contributed by atoms with E-state index in [0.717, 1.165) is 57.8 Å². The molecule has 404 valence electrons. The molecule has 0 aromatic rings. The number of likely N-dealkylation sites (N-methyl/N-ethyl adjacent to an activating group) is 1. The number of amides is 1. The molecule has 0 saturated heterocycles. The van der Waals surface area contributed by atoms with Crippen LogP contribution in [0.15, 0.2) is 12.2 Å². The number of phosphoric acid groups is 1. The largest absolute Gasteiger partial charge is 0.756 e. The Kier molecular flexibility index (Phi) is 48.4. The lowest BCUT2D eigenvalue weighted by molar-refractivity contribution is -0.870. The number of unbranched alkanes of at least 4 members (excludes halogenated alkanes) is 38. The Hall–Kier alpha value is -1.25. The van der Waals surface area contributed by atoms with Crippen LogP contribution in [-0.4, -0.2) is 69.4 Å². The third-order valence-electron chi connectivity index (χ3n) is 13.5. The zero-order valence-corrected chi connectivity index (χ0v) is 47.0. The first kappa shape index (κ1) is 66.8. The van der Waals surface area contributed by atoms with Crippen molar-refractivity contribution < 1.29 is 37.3 Å². The zero-order chi connectivity index (χ0) is 50.1. The molecule has 68 heavy (non-hydrogen) atoms. The predicted octanol–water partition coefficient (Wildman–Crippen LogP) is 17.0. The topological polar surface area (TPSA) is 114 Å². The second kappa shape index (κ2) is 49.3. The van der Waals surface area contributed by atoms with E-state index in [0.29, 0.717) is 17.4 Å². The summed E-state index contributed by atoms with van der Waals surface area (Å²) >= 11 is 0. The van der Waals surface area contributed by atoms with Crippen molar-refractivity contribution in [2.75, 3.05) is 40.9 Å². The summed E-state index contributed by atoms with van der Waals surface area (Å²) in [4.78, 5) is 39.8. The Bertz CT molecular complexity index is 1180. The Morgan fingerprint density at radius 2 is 0.838 bits per heavy atom. The van der Waals surface area contributed by atoms with Gasteiger partial charge in [0, 0.05) is 12.8 Å². The van der Waals surface area contributed by atoms with E-state index in [2.05, 4.69) is 26.1 Å². The van der Waals surface area contributed by atoms with Gasteiger partial charge >= 0.3 is 5.97 Å². The van der Waals surface area contributed by atoms with Crippen molar-refractivity contribution in [2.24, 2.45) is 0 Å². The van der Waals surface area contributed by atoms with Gasteiger partial charge in [-0.3, -0.25) is 14.2 Å². The molecule has 10 heteroatoms. The first-order valence-corrected chi connectivity index (χ1v) is 31.0. The highest BCUT2D eigenvalue weighted by molar-refractivity contribution is 7.45. The van der Waals surface area contributed by atoms with Gasteiger partial charge in [-0.25, -0.2) is 0 Å². The number of ether oxygens (including phenoxy) is 1. The smallest absolute Gasteiger partial charge is 0.306 e. The van der Waals surface area contributed by atoms with Crippen molar-refractivity contribution in [1.29, 1.82) is 0 Å². The average molecular weight is 984 g/mol. The van der Waals surface area contributed by atoms with Gasteiger partial charge in [0.05, 0.1) is 33.8 Å². The number of esters is 1. The number of hydrogen-bond acceptors (Lipinski definition) is 7. The third kappa shape index (κ3) is 49.7. The lowest BCUT2D eigenvalue weighted by Crippen LogP contribution is -2.47. The van der Waals surface area contributed by atoms with Crippen LogP contribution in [0.2, 0.25) is 0 Å². The molecule has 0 heterocycles. The second-order valence-corrected chi connectivity index (χ2v) is 22.9. The van der Waals surface area contributed by atoms with Gasteiger partial charge in [-0.15, -0.1) is 0 Å². The van der Waals surface area contributed by atoms with Gasteiger partial charge in [0.2, 0.25) is 5.91 Å². The van der Waals surface area contributed by atoms with Gasteiger partial charge < -0.3 is 28.5 Å². The van der Waals surface area contributed by atoms with Gasteiger partial charge in [0.1, 0.15) is 19.3 Å². The van der Waals surface area contributed by atoms with E-state index < -0.39 is 20.0 Å². The van der Waals surface area contributed by atoms with Gasteiger partial charge in [-0.1, -0.05) is 264 Å². The number of nitrogens with zero attached hydrogens (tertiary/aromatic N) is 1. The first-order chi connectivity index (χ1) is 32.9. The molecule has 0 spiro atoms. The highest BCUT2D eigenvalue weighted by Gasteiger charge is 2.27.